The topological polar surface area (TPSA) is 91.4 Å². The van der Waals surface area contributed by atoms with Crippen molar-refractivity contribution in [2.45, 2.75) is 6.42 Å². The number of nitrogens with two attached hydrogens (primary N) is 1. The quantitative estimate of drug-likeness (QED) is 0.468. The van der Waals surface area contributed by atoms with Crippen molar-refractivity contribution in [3.63, 3.8) is 0 Å². The lowest BCUT2D eigenvalue weighted by Gasteiger charge is -2.15. The maximum atomic E-state index is 10.6. The molecule has 0 aliphatic heterocycles. The van der Waals surface area contributed by atoms with Gasteiger partial charge < -0.3 is 4.90 Å². The van der Waals surface area contributed by atoms with Crippen LogP contribution >= 0.6 is 0 Å². The Balaban J connectivity index is 2.35. The van der Waals surface area contributed by atoms with E-state index in [0.717, 1.165) is 13.0 Å². The SMILES string of the molecule is CN(C)CCCN(N)c1noc(=O)[nH]1. The molecule has 0 fully saturated rings. The summed E-state index contributed by atoms with van der Waals surface area (Å²) in [5.74, 6) is 5.28. The van der Waals surface area contributed by atoms with Crippen LogP contribution in [0.1, 0.15) is 6.42 Å². The first-order chi connectivity index (χ1) is 6.59. The summed E-state index contributed by atoms with van der Waals surface area (Å²) in [5, 5.41) is 4.81. The highest BCUT2D eigenvalue weighted by Gasteiger charge is 2.06. The number of aromatic nitrogens is 2. The predicted molar refractivity (Wildman–Crippen MR) is 51.8 cm³/mol. The summed E-state index contributed by atoms with van der Waals surface area (Å²) in [4.78, 5) is 15.0. The van der Waals surface area contributed by atoms with Gasteiger partial charge in [0.2, 0.25) is 0 Å². The molecule has 1 aromatic heterocycles. The van der Waals surface area contributed by atoms with Crippen LogP contribution in [0.2, 0.25) is 0 Å². The molecule has 0 spiro atoms. The lowest BCUT2D eigenvalue weighted by molar-refractivity contribution is 0.383. The van der Waals surface area contributed by atoms with Gasteiger partial charge in [-0.25, -0.2) is 10.6 Å². The Kier molecular flexibility index (Phi) is 3.66. The van der Waals surface area contributed by atoms with E-state index in [9.17, 15) is 4.79 Å². The van der Waals surface area contributed by atoms with Crippen molar-refractivity contribution in [1.82, 2.24) is 15.0 Å². The van der Waals surface area contributed by atoms with Gasteiger partial charge in [0.05, 0.1) is 0 Å². The molecule has 3 N–H and O–H groups in total. The molecule has 0 aliphatic carbocycles. The number of H-pyrrole nitrogens is 1. The molecule has 1 heterocycles. The fraction of sp³-hybridized carbons (Fsp3) is 0.714. The summed E-state index contributed by atoms with van der Waals surface area (Å²) in [7, 11) is 3.97. The molecule has 0 unspecified atom stereocenters. The molecule has 0 saturated carbocycles. The number of hydrogen-bond acceptors (Lipinski definition) is 6. The summed E-state index contributed by atoms with van der Waals surface area (Å²) < 4.78 is 4.32. The number of rotatable bonds is 5. The third kappa shape index (κ3) is 3.19. The average molecular weight is 201 g/mol. The zero-order valence-corrected chi connectivity index (χ0v) is 8.36. The normalized spacial score (nSPS) is 10.9. The highest BCUT2D eigenvalue weighted by molar-refractivity contribution is 5.22. The highest BCUT2D eigenvalue weighted by Crippen LogP contribution is 1.98. The van der Waals surface area contributed by atoms with Crippen LogP contribution in [-0.4, -0.2) is 42.2 Å². The van der Waals surface area contributed by atoms with Crippen LogP contribution in [0.5, 0.6) is 0 Å². The molecular weight excluding hydrogens is 186 g/mol. The molecule has 7 nitrogen and oxygen atoms in total. The van der Waals surface area contributed by atoms with E-state index in [4.69, 9.17) is 5.84 Å². The van der Waals surface area contributed by atoms with Crippen molar-refractivity contribution in [3.8, 4) is 0 Å². The number of hydrazine groups is 1. The Morgan fingerprint density at radius 1 is 1.50 bits per heavy atom. The molecule has 80 valence electrons. The van der Waals surface area contributed by atoms with Crippen LogP contribution in [0.4, 0.5) is 5.95 Å². The van der Waals surface area contributed by atoms with Gasteiger partial charge in [-0.05, 0) is 32.2 Å². The lowest BCUT2D eigenvalue weighted by atomic mass is 10.4. The molecule has 0 aromatic carbocycles. The van der Waals surface area contributed by atoms with E-state index in [2.05, 4.69) is 19.6 Å². The Morgan fingerprint density at radius 3 is 2.71 bits per heavy atom. The van der Waals surface area contributed by atoms with E-state index in [1.165, 1.54) is 5.01 Å². The Morgan fingerprint density at radius 2 is 2.21 bits per heavy atom. The number of nitrogens with zero attached hydrogens (tertiary/aromatic N) is 3. The molecule has 0 aliphatic rings. The van der Waals surface area contributed by atoms with E-state index in [1.807, 2.05) is 14.1 Å². The molecule has 0 saturated heterocycles. The monoisotopic (exact) mass is 201 g/mol. The summed E-state index contributed by atoms with van der Waals surface area (Å²) >= 11 is 0. The number of aromatic amines is 1. The van der Waals surface area contributed by atoms with Crippen LogP contribution < -0.4 is 16.6 Å². The van der Waals surface area contributed by atoms with E-state index in [-0.39, 0.29) is 5.95 Å². The summed E-state index contributed by atoms with van der Waals surface area (Å²) in [6.07, 6.45) is 0.887. The van der Waals surface area contributed by atoms with E-state index in [0.29, 0.717) is 6.54 Å². The fourth-order valence-electron chi connectivity index (χ4n) is 1.01. The van der Waals surface area contributed by atoms with Crippen LogP contribution in [0.15, 0.2) is 9.32 Å². The average Bonchev–Trinajstić information content (AvgIpc) is 2.51. The molecule has 0 atom stereocenters. The first kappa shape index (κ1) is 10.7. The maximum Gasteiger partial charge on any atom is 0.440 e. The number of nitrogens with one attached hydrogen (secondary N) is 1. The largest absolute Gasteiger partial charge is 0.440 e. The van der Waals surface area contributed by atoms with E-state index in [1.54, 1.807) is 0 Å². The molecule has 1 rings (SSSR count). The molecule has 1 aromatic rings. The minimum atomic E-state index is -0.594. The highest BCUT2D eigenvalue weighted by atomic mass is 16.5. The van der Waals surface area contributed by atoms with E-state index < -0.39 is 5.76 Å². The van der Waals surface area contributed by atoms with Gasteiger partial charge in [-0.15, -0.1) is 0 Å². The summed E-state index contributed by atoms with van der Waals surface area (Å²) in [6, 6.07) is 0. The first-order valence-electron chi connectivity index (χ1n) is 4.32. The molecular formula is C7H15N5O2. The molecule has 7 heteroatoms. The van der Waals surface area contributed by atoms with Gasteiger partial charge in [-0.2, -0.15) is 0 Å². The minimum absolute atomic E-state index is 0.258. The van der Waals surface area contributed by atoms with Crippen molar-refractivity contribution in [2.75, 3.05) is 32.2 Å². The van der Waals surface area contributed by atoms with Gasteiger partial charge in [0.25, 0.3) is 5.95 Å². The van der Waals surface area contributed by atoms with Crippen molar-refractivity contribution < 1.29 is 4.52 Å². The van der Waals surface area contributed by atoms with Crippen LogP contribution in [0.25, 0.3) is 0 Å². The summed E-state index contributed by atoms with van der Waals surface area (Å²) in [5.41, 5.74) is 0. The zero-order valence-electron chi connectivity index (χ0n) is 8.36. The van der Waals surface area contributed by atoms with Crippen LogP contribution in [-0.2, 0) is 0 Å². The van der Waals surface area contributed by atoms with Gasteiger partial charge in [0.15, 0.2) is 0 Å². The van der Waals surface area contributed by atoms with Crippen LogP contribution in [0, 0.1) is 0 Å². The van der Waals surface area contributed by atoms with Crippen molar-refractivity contribution in [2.24, 2.45) is 5.84 Å². The van der Waals surface area contributed by atoms with Gasteiger partial charge in [-0.3, -0.25) is 14.5 Å². The molecule has 0 radical (unpaired) electrons. The lowest BCUT2D eigenvalue weighted by Crippen LogP contribution is -2.34. The molecule has 0 amide bonds. The minimum Gasteiger partial charge on any atom is -0.309 e. The molecule has 0 bridgehead atoms. The smallest absolute Gasteiger partial charge is 0.309 e. The molecule has 14 heavy (non-hydrogen) atoms. The van der Waals surface area contributed by atoms with Crippen molar-refractivity contribution in [3.05, 3.63) is 10.6 Å². The maximum absolute atomic E-state index is 10.6. The summed E-state index contributed by atoms with van der Waals surface area (Å²) in [6.45, 7) is 1.54. The van der Waals surface area contributed by atoms with Gasteiger partial charge in [-0.1, -0.05) is 0 Å². The third-order valence-corrected chi connectivity index (χ3v) is 1.71. The zero-order chi connectivity index (χ0) is 10.6. The number of hydrogen-bond donors (Lipinski definition) is 2. The van der Waals surface area contributed by atoms with Gasteiger partial charge in [0, 0.05) is 6.54 Å². The Hall–Kier alpha value is -1.34. The fourth-order valence-corrected chi connectivity index (χ4v) is 1.01. The second-order valence-electron chi connectivity index (χ2n) is 3.27. The standard InChI is InChI=1S/C7H15N5O2/c1-11(2)4-3-5-12(8)6-9-7(13)14-10-6/h3-5,8H2,1-2H3,(H,9,10,13). The van der Waals surface area contributed by atoms with Gasteiger partial charge in [0.1, 0.15) is 0 Å². The van der Waals surface area contributed by atoms with Crippen molar-refractivity contribution >= 4 is 5.95 Å². The Labute approximate surface area is 81.4 Å². The van der Waals surface area contributed by atoms with E-state index >= 15 is 0 Å². The second kappa shape index (κ2) is 4.77. The Bertz CT molecular complexity index is 318. The third-order valence-electron chi connectivity index (χ3n) is 1.71. The second-order valence-corrected chi connectivity index (χ2v) is 3.27. The number of anilines is 1. The van der Waals surface area contributed by atoms with Crippen molar-refractivity contribution in [1.29, 1.82) is 0 Å². The first-order valence-corrected chi connectivity index (χ1v) is 4.32. The predicted octanol–water partition coefficient (Wildman–Crippen LogP) is -1.01. The van der Waals surface area contributed by atoms with Gasteiger partial charge >= 0.3 is 5.76 Å². The van der Waals surface area contributed by atoms with Crippen LogP contribution in [0.3, 0.4) is 0 Å².